The van der Waals surface area contributed by atoms with Crippen LogP contribution in [-0.2, 0) is 51.8 Å². The van der Waals surface area contributed by atoms with Gasteiger partial charge < -0.3 is 58.5 Å². The molecule has 758 valence electrons. The highest BCUT2D eigenvalue weighted by atomic mass is 35.5. The Morgan fingerprint density at radius 2 is 0.939 bits per heavy atom. The first kappa shape index (κ1) is 109. The van der Waals surface area contributed by atoms with E-state index in [1.807, 2.05) is 234 Å². The summed E-state index contributed by atoms with van der Waals surface area (Å²) in [4.78, 5) is 127. The summed E-state index contributed by atoms with van der Waals surface area (Å²) in [6.45, 7) is 15.4. The molecule has 2 amide bonds. The number of thiazole rings is 5. The number of fused-ring (bicyclic) bond motifs is 5. The zero-order chi connectivity index (χ0) is 102. The van der Waals surface area contributed by atoms with Crippen LogP contribution in [0.4, 0.5) is 45.8 Å². The Bertz CT molecular complexity index is 8400. The van der Waals surface area contributed by atoms with Crippen molar-refractivity contribution in [1.29, 1.82) is 0 Å². The van der Waals surface area contributed by atoms with Gasteiger partial charge in [-0.25, -0.2) is 15.0 Å². The zero-order valence-corrected chi connectivity index (χ0v) is 94.2. The second-order valence-corrected chi connectivity index (χ2v) is 45.9. The number of nitro groups is 1. The van der Waals surface area contributed by atoms with Crippen molar-refractivity contribution in [3.8, 4) is 0 Å². The van der Waals surface area contributed by atoms with E-state index in [0.29, 0.717) is 73.2 Å². The number of ether oxygens (including phenoxy) is 1. The maximum absolute atomic E-state index is 13.3. The topological polar surface area (TPSA) is 264 Å². The van der Waals surface area contributed by atoms with E-state index >= 15 is 0 Å². The monoisotopic (exact) mass is 2280 g/mol. The number of para-hydroxylation sites is 2. The second-order valence-electron chi connectivity index (χ2n) is 33.0. The third kappa shape index (κ3) is 23.3. The number of thioether (sulfide) groups is 7. The average Bonchev–Trinajstić information content (AvgIpc) is 1.62. The van der Waals surface area contributed by atoms with Gasteiger partial charge in [0.25, 0.3) is 38.5 Å². The van der Waals surface area contributed by atoms with Gasteiger partial charge in [-0.3, -0.25) is 67.4 Å². The van der Waals surface area contributed by atoms with Crippen molar-refractivity contribution in [3.63, 3.8) is 0 Å². The van der Waals surface area contributed by atoms with E-state index in [9.17, 15) is 38.9 Å². The SMILES string of the molecule is CCN1C(=O)/C(=C2\Sc3cc(C)ccc3N2C)SC1=Nc1ccccn1.CCN1C(=O)/C(=C2\Sc3ccccc3N2C)SC1=Nc1ccccc1.CCn1c(=O)/c(=C2\Sc3c(Cl)cccc3N2C)s/c1=C\c1scc[n+]1Cc1ccccc1.CCn1c(=O)/c(=C2\Sc3cc(Cl)ccc3N2C)s/c1=C\c1scc[n+]1Cc1ccc([N+](=O)[O-])o1.COC(=O)Cn1c(=O)/c(=C2\Sc3cc(C)ccc3N2C)s/c1=C\c1ccccn1.[Cl-].[Cl-]. The Labute approximate surface area is 923 Å². The number of aryl methyl sites for hydroxylation is 2. The highest BCUT2D eigenvalue weighted by molar-refractivity contribution is 8.20. The first-order chi connectivity index (χ1) is 70.7. The molecule has 8 aromatic heterocycles. The Morgan fingerprint density at radius 1 is 0.473 bits per heavy atom. The molecule has 0 aliphatic carbocycles. The molecule has 0 unspecified atom stereocenters. The van der Waals surface area contributed by atoms with Gasteiger partial charge in [0.2, 0.25) is 6.54 Å². The van der Waals surface area contributed by atoms with Crippen LogP contribution in [-0.4, -0.2) is 122 Å². The van der Waals surface area contributed by atoms with E-state index in [2.05, 4.69) is 137 Å². The molecule has 2 saturated heterocycles. The number of benzene rings is 7. The standard InChI is InChI=1S/C24H21ClN3OS3.C22H18ClN4O4S3.C21H19N3O3S2.C19H18N4OS2.C19H17N3OS2.2ClH/c1-3-28-20(14-19-27(12-13-30-19)15-16-8-5-4-6-9-16)31-22(23(28)29)24-26(2)18-11-7-10-17(25)21(18)32-24;1-3-26-19(11-18-25(8-9-32-18)12-14-5-7-17(31-14)27(29)30)34-20(21(26)28)22-24(2)15-6-4-13(23)10-16(15)33-22;1-13-7-8-15-16(10-13)28-21(23(15)2)19-20(26)24(12-18(25)27-3)17(29-19)11-14-6-4-5-9-22-14;1-4-23-17(24)16(26-19(23)21-15-7-5-6-10-20-15)18-22(3)13-9-8-12(2)11-14(13)25-18;1-3-22-17(23)16(25-19(22)20-13-9-5-4-6-10-13)18-21(2)14-11-7-8-12-15(14)24-18;;/h4-14H,3,15H2,1-2H3;4-11H,3,12H2,1-2H3;4-11H,12H2,1-3H3;5-11H,4H2,1-3H3;4-12H,3H2,1-2H3;2*1H/q2*+1;;;;;/p-2/b24-22+;22-20+;17-11-,21-19+;18-16+,21-19?;18-16+,20-19?;;. The zero-order valence-electron chi connectivity index (χ0n) is 81.4. The number of carbonyl (C=O) groups excluding carboxylic acids is 3. The summed E-state index contributed by atoms with van der Waals surface area (Å²) >= 11 is 31.0. The first-order valence-electron chi connectivity index (χ1n) is 45.8. The van der Waals surface area contributed by atoms with Crippen LogP contribution in [0.1, 0.15) is 65.9 Å². The predicted octanol–water partition coefficient (Wildman–Crippen LogP) is 12.7. The molecule has 0 saturated carbocycles. The molecule has 0 atom stereocenters. The lowest BCUT2D eigenvalue weighted by atomic mass is 10.2. The molecular weight excluding hydrogens is 2190 g/mol. The van der Waals surface area contributed by atoms with Crippen molar-refractivity contribution in [1.82, 2.24) is 33.5 Å². The molecule has 27 nitrogen and oxygen atoms in total. The summed E-state index contributed by atoms with van der Waals surface area (Å²) in [7, 11) is 11.2. The number of aromatic nitrogens is 7. The number of hydrogen-bond acceptors (Lipinski definition) is 31. The Hall–Kier alpha value is -11.9. The average molecular weight is 2280 g/mol. The number of likely N-dealkylation sites (N-methyl/N-ethyl adjacent to an activating group) is 2. The highest BCUT2D eigenvalue weighted by Gasteiger charge is 2.41. The van der Waals surface area contributed by atoms with Crippen molar-refractivity contribution in [2.24, 2.45) is 9.98 Å². The third-order valence-electron chi connectivity index (χ3n) is 23.6. The summed E-state index contributed by atoms with van der Waals surface area (Å²) in [5, 5.41) is 24.4. The number of amidine groups is 2. The third-order valence-corrected chi connectivity index (χ3v) is 38.3. The molecular formula is C105H93Cl4N17O10S12. The van der Waals surface area contributed by atoms with Gasteiger partial charge >= 0.3 is 11.9 Å². The van der Waals surface area contributed by atoms with Crippen molar-refractivity contribution >= 4 is 269 Å². The number of pyridine rings is 2. The maximum atomic E-state index is 13.3. The fourth-order valence-electron chi connectivity index (χ4n) is 16.2. The van der Waals surface area contributed by atoms with Gasteiger partial charge in [0, 0.05) is 104 Å². The van der Waals surface area contributed by atoms with Crippen LogP contribution in [0.3, 0.4) is 0 Å². The molecule has 0 spiro atoms. The quantitative estimate of drug-likeness (QED) is 0.0286. The second kappa shape index (κ2) is 48.4. The van der Waals surface area contributed by atoms with Gasteiger partial charge in [-0.05, 0) is 191 Å². The largest absolute Gasteiger partial charge is 1.00 e. The van der Waals surface area contributed by atoms with Crippen LogP contribution >= 0.6 is 162 Å². The predicted molar refractivity (Wildman–Crippen MR) is 603 cm³/mol. The Kier molecular flexibility index (Phi) is 35.6. The van der Waals surface area contributed by atoms with Gasteiger partial charge in [-0.1, -0.05) is 196 Å². The number of amides is 2. The number of rotatable bonds is 16. The molecule has 43 heteroatoms. The summed E-state index contributed by atoms with van der Waals surface area (Å²) in [5.74, 6) is 0.384. The molecule has 148 heavy (non-hydrogen) atoms. The van der Waals surface area contributed by atoms with Crippen molar-refractivity contribution in [2.45, 2.75) is 98.7 Å². The number of carbonyl (C=O) groups is 3. The van der Waals surface area contributed by atoms with E-state index in [1.165, 1.54) is 102 Å². The van der Waals surface area contributed by atoms with Gasteiger partial charge in [-0.2, -0.15) is 9.13 Å². The maximum Gasteiger partial charge on any atom is 0.433 e. The highest BCUT2D eigenvalue weighted by Crippen LogP contribution is 2.54. The molecule has 15 aromatic rings. The number of anilines is 5. The number of esters is 1. The Morgan fingerprint density at radius 3 is 1.46 bits per heavy atom. The fraction of sp³-hybridized carbons (Fsp3) is 0.181. The van der Waals surface area contributed by atoms with Gasteiger partial charge in [0.15, 0.2) is 40.9 Å². The first-order valence-corrected chi connectivity index (χ1v) is 56.5. The van der Waals surface area contributed by atoms with Crippen LogP contribution in [0, 0.1) is 24.0 Å². The van der Waals surface area contributed by atoms with Crippen LogP contribution in [0.25, 0.3) is 33.3 Å². The van der Waals surface area contributed by atoms with Gasteiger partial charge in [0.05, 0.1) is 95.9 Å². The van der Waals surface area contributed by atoms with E-state index < -0.39 is 10.9 Å². The lowest BCUT2D eigenvalue weighted by Gasteiger charge is -2.15. The molecule has 7 aliphatic rings. The molecule has 22 rings (SSSR count). The molecule has 2 fully saturated rings. The van der Waals surface area contributed by atoms with Crippen molar-refractivity contribution in [2.75, 3.05) is 79.9 Å². The Balaban J connectivity index is 0.000000132. The molecule has 7 aromatic carbocycles. The van der Waals surface area contributed by atoms with Crippen molar-refractivity contribution in [3.05, 3.63) is 379 Å². The normalized spacial score (nSPS) is 17.2. The van der Waals surface area contributed by atoms with E-state index in [0.717, 1.165) is 125 Å². The van der Waals surface area contributed by atoms with Crippen LogP contribution in [0.5, 0.6) is 0 Å². The van der Waals surface area contributed by atoms with Gasteiger partial charge in [-0.15, -0.1) is 34.0 Å². The van der Waals surface area contributed by atoms with Crippen LogP contribution < -0.4 is 103 Å². The summed E-state index contributed by atoms with van der Waals surface area (Å²) < 4.78 is 23.8. The van der Waals surface area contributed by atoms with Crippen molar-refractivity contribution < 1.29 is 62.4 Å². The van der Waals surface area contributed by atoms with Crippen LogP contribution in [0.15, 0.2) is 315 Å². The number of hydrogen-bond donors (Lipinski definition) is 0. The molecule has 0 N–H and O–H groups in total. The van der Waals surface area contributed by atoms with E-state index in [-0.39, 0.29) is 65.7 Å². The lowest BCUT2D eigenvalue weighted by Crippen LogP contribution is -3.00. The smallest absolute Gasteiger partial charge is 0.433 e. The number of nitrogens with zero attached hydrogens (tertiary/aromatic N) is 17. The summed E-state index contributed by atoms with van der Waals surface area (Å²) in [6, 6.07) is 66.7. The minimum absolute atomic E-state index is 0. The molecule has 0 bridgehead atoms. The number of methoxy groups -OCH3 is 1. The minimum Gasteiger partial charge on any atom is -1.00 e. The molecule has 7 aliphatic heterocycles. The number of aliphatic imine (C=N–C) groups is 2. The number of halogens is 4. The van der Waals surface area contributed by atoms with Crippen LogP contribution in [0.2, 0.25) is 10.0 Å². The molecule has 0 radical (unpaired) electrons. The minimum atomic E-state index is -0.552. The van der Waals surface area contributed by atoms with E-state index in [1.54, 1.807) is 114 Å². The summed E-state index contributed by atoms with van der Waals surface area (Å²) in [5.41, 5.74) is 10.4. The fourth-order valence-corrected chi connectivity index (χ4v) is 30.8. The summed E-state index contributed by atoms with van der Waals surface area (Å²) in [6.07, 6.45) is 13.3. The number of furan rings is 1. The van der Waals surface area contributed by atoms with Gasteiger partial charge in [0.1, 0.15) is 64.0 Å². The molecule has 15 heterocycles. The lowest BCUT2D eigenvalue weighted by molar-refractivity contribution is -0.687. The van der Waals surface area contributed by atoms with E-state index in [4.69, 9.17) is 32.4 Å².